The molecule has 0 heterocycles. The minimum atomic E-state index is -0.143. The number of carbonyl (C=O) groups excluding carboxylic acids is 1. The maximum atomic E-state index is 11.6. The van der Waals surface area contributed by atoms with E-state index in [2.05, 4.69) is 6.08 Å². The van der Waals surface area contributed by atoms with Crippen molar-refractivity contribution in [2.75, 3.05) is 0 Å². The second kappa shape index (κ2) is 7.78. The van der Waals surface area contributed by atoms with Gasteiger partial charge in [-0.1, -0.05) is 61.7 Å². The number of allylic oxidation sites excluding steroid dienone is 1. The highest BCUT2D eigenvalue weighted by atomic mass is 16.5. The third-order valence-electron chi connectivity index (χ3n) is 3.59. The van der Waals surface area contributed by atoms with Crippen molar-refractivity contribution in [3.63, 3.8) is 0 Å². The molecule has 0 amide bonds. The van der Waals surface area contributed by atoms with Crippen LogP contribution in [0.2, 0.25) is 0 Å². The van der Waals surface area contributed by atoms with Crippen LogP contribution in [0.1, 0.15) is 44.1 Å². The van der Waals surface area contributed by atoms with Gasteiger partial charge in [0.2, 0.25) is 0 Å². The second-order valence-electron chi connectivity index (χ2n) is 5.18. The molecule has 1 aliphatic rings. The van der Waals surface area contributed by atoms with Crippen LogP contribution >= 0.6 is 0 Å². The van der Waals surface area contributed by atoms with Crippen LogP contribution in [0.25, 0.3) is 0 Å². The minimum absolute atomic E-state index is 0.143. The number of rotatable bonds is 5. The van der Waals surface area contributed by atoms with Gasteiger partial charge in [0, 0.05) is 0 Å². The van der Waals surface area contributed by atoms with Crippen molar-refractivity contribution in [3.05, 3.63) is 48.0 Å². The van der Waals surface area contributed by atoms with Crippen molar-refractivity contribution >= 4 is 5.97 Å². The molecule has 0 atom stereocenters. The zero-order valence-electron chi connectivity index (χ0n) is 11.4. The number of benzene rings is 1. The Morgan fingerprint density at radius 1 is 1.16 bits per heavy atom. The van der Waals surface area contributed by atoms with Crippen LogP contribution < -0.4 is 0 Å². The lowest BCUT2D eigenvalue weighted by atomic mass is 9.89. The summed E-state index contributed by atoms with van der Waals surface area (Å²) in [5, 5.41) is 0. The van der Waals surface area contributed by atoms with Gasteiger partial charge < -0.3 is 4.74 Å². The molecule has 1 aromatic carbocycles. The minimum Gasteiger partial charge on any atom is -0.461 e. The molecule has 102 valence electrons. The Labute approximate surface area is 115 Å². The Hall–Kier alpha value is -1.57. The molecular weight excluding hydrogens is 236 g/mol. The van der Waals surface area contributed by atoms with E-state index < -0.39 is 0 Å². The highest BCUT2D eigenvalue weighted by Gasteiger charge is 2.09. The molecule has 19 heavy (non-hydrogen) atoms. The van der Waals surface area contributed by atoms with Gasteiger partial charge >= 0.3 is 5.97 Å². The first-order valence-corrected chi connectivity index (χ1v) is 7.21. The normalized spacial score (nSPS) is 16.6. The van der Waals surface area contributed by atoms with Gasteiger partial charge in [0.05, 0.1) is 6.42 Å². The standard InChI is InChI=1S/C17H22O2/c18-17(19-14-16-10-5-2-6-11-16)13-7-12-15-8-3-1-4-9-15/h2,5-7,10-12,15H,1,3-4,8-9,13-14H2/b12-7+. The Morgan fingerprint density at radius 3 is 2.63 bits per heavy atom. The summed E-state index contributed by atoms with van der Waals surface area (Å²) in [6, 6.07) is 9.78. The zero-order chi connectivity index (χ0) is 13.3. The van der Waals surface area contributed by atoms with E-state index in [1.807, 2.05) is 36.4 Å². The quantitative estimate of drug-likeness (QED) is 0.583. The fraction of sp³-hybridized carbons (Fsp3) is 0.471. The molecule has 0 saturated heterocycles. The number of carbonyl (C=O) groups is 1. The third kappa shape index (κ3) is 5.29. The lowest BCUT2D eigenvalue weighted by molar-refractivity contribution is -0.143. The summed E-state index contributed by atoms with van der Waals surface area (Å²) >= 11 is 0. The maximum Gasteiger partial charge on any atom is 0.309 e. The molecule has 2 nitrogen and oxygen atoms in total. The van der Waals surface area contributed by atoms with E-state index in [4.69, 9.17) is 4.74 Å². The summed E-state index contributed by atoms with van der Waals surface area (Å²) < 4.78 is 5.23. The van der Waals surface area contributed by atoms with Gasteiger partial charge in [0.15, 0.2) is 0 Å². The van der Waals surface area contributed by atoms with Crippen LogP contribution in [0.3, 0.4) is 0 Å². The average molecular weight is 258 g/mol. The average Bonchev–Trinajstić information content (AvgIpc) is 2.47. The van der Waals surface area contributed by atoms with Gasteiger partial charge in [-0.3, -0.25) is 4.79 Å². The van der Waals surface area contributed by atoms with Crippen LogP contribution in [0.15, 0.2) is 42.5 Å². The van der Waals surface area contributed by atoms with Gasteiger partial charge in [-0.25, -0.2) is 0 Å². The summed E-state index contributed by atoms with van der Waals surface area (Å²) in [5.74, 6) is 0.534. The van der Waals surface area contributed by atoms with Crippen molar-refractivity contribution in [2.45, 2.75) is 45.1 Å². The Bertz CT molecular complexity index is 403. The van der Waals surface area contributed by atoms with E-state index in [0.717, 1.165) is 5.56 Å². The van der Waals surface area contributed by atoms with Crippen LogP contribution in [0.4, 0.5) is 0 Å². The molecular formula is C17H22O2. The highest BCUT2D eigenvalue weighted by molar-refractivity contribution is 5.71. The first-order chi connectivity index (χ1) is 9.34. The van der Waals surface area contributed by atoms with Crippen molar-refractivity contribution in [2.24, 2.45) is 5.92 Å². The van der Waals surface area contributed by atoms with Crippen LogP contribution in [0, 0.1) is 5.92 Å². The Morgan fingerprint density at radius 2 is 1.89 bits per heavy atom. The van der Waals surface area contributed by atoms with E-state index in [1.54, 1.807) is 0 Å². The smallest absolute Gasteiger partial charge is 0.309 e. The summed E-state index contributed by atoms with van der Waals surface area (Å²) in [6.07, 6.45) is 11.1. The van der Waals surface area contributed by atoms with Crippen molar-refractivity contribution in [3.8, 4) is 0 Å². The van der Waals surface area contributed by atoms with E-state index in [1.165, 1.54) is 32.1 Å². The zero-order valence-corrected chi connectivity index (χ0v) is 11.4. The highest BCUT2D eigenvalue weighted by Crippen LogP contribution is 2.24. The Balaban J connectivity index is 1.65. The summed E-state index contributed by atoms with van der Waals surface area (Å²) in [5.41, 5.74) is 1.03. The molecule has 0 N–H and O–H groups in total. The molecule has 2 heteroatoms. The predicted molar refractivity (Wildman–Crippen MR) is 76.6 cm³/mol. The van der Waals surface area contributed by atoms with Gasteiger partial charge in [-0.2, -0.15) is 0 Å². The van der Waals surface area contributed by atoms with Crippen molar-refractivity contribution < 1.29 is 9.53 Å². The lowest BCUT2D eigenvalue weighted by Gasteiger charge is -2.17. The number of esters is 1. The molecule has 0 radical (unpaired) electrons. The summed E-state index contributed by atoms with van der Waals surface area (Å²) in [7, 11) is 0. The molecule has 2 rings (SSSR count). The summed E-state index contributed by atoms with van der Waals surface area (Å²) in [6.45, 7) is 0.372. The SMILES string of the molecule is O=C(C/C=C/C1CCCCC1)OCc1ccccc1. The van der Waals surface area contributed by atoms with Gasteiger partial charge in [0.1, 0.15) is 6.61 Å². The number of hydrogen-bond donors (Lipinski definition) is 0. The number of hydrogen-bond acceptors (Lipinski definition) is 2. The lowest BCUT2D eigenvalue weighted by Crippen LogP contribution is -2.05. The predicted octanol–water partition coefficient (Wildman–Crippen LogP) is 4.26. The molecule has 1 fully saturated rings. The molecule has 1 aromatic rings. The van der Waals surface area contributed by atoms with E-state index in [-0.39, 0.29) is 5.97 Å². The molecule has 0 bridgehead atoms. The second-order valence-corrected chi connectivity index (χ2v) is 5.18. The van der Waals surface area contributed by atoms with Crippen LogP contribution in [0.5, 0.6) is 0 Å². The van der Waals surface area contributed by atoms with Gasteiger partial charge in [-0.05, 0) is 24.3 Å². The van der Waals surface area contributed by atoms with E-state index >= 15 is 0 Å². The van der Waals surface area contributed by atoms with E-state index in [9.17, 15) is 4.79 Å². The Kier molecular flexibility index (Phi) is 5.67. The van der Waals surface area contributed by atoms with Crippen LogP contribution in [-0.2, 0) is 16.1 Å². The fourth-order valence-corrected chi connectivity index (χ4v) is 2.48. The fourth-order valence-electron chi connectivity index (χ4n) is 2.48. The summed E-state index contributed by atoms with van der Waals surface area (Å²) in [4.78, 5) is 11.6. The molecule has 0 aromatic heterocycles. The molecule has 0 spiro atoms. The first-order valence-electron chi connectivity index (χ1n) is 7.21. The van der Waals surface area contributed by atoms with Gasteiger partial charge in [0.25, 0.3) is 0 Å². The number of ether oxygens (including phenoxy) is 1. The topological polar surface area (TPSA) is 26.3 Å². The van der Waals surface area contributed by atoms with E-state index in [0.29, 0.717) is 18.9 Å². The molecule has 1 saturated carbocycles. The third-order valence-corrected chi connectivity index (χ3v) is 3.59. The largest absolute Gasteiger partial charge is 0.461 e. The monoisotopic (exact) mass is 258 g/mol. The first kappa shape index (κ1) is 13.9. The van der Waals surface area contributed by atoms with Crippen molar-refractivity contribution in [1.29, 1.82) is 0 Å². The maximum absolute atomic E-state index is 11.6. The molecule has 1 aliphatic carbocycles. The molecule has 0 aliphatic heterocycles. The van der Waals surface area contributed by atoms with Gasteiger partial charge in [-0.15, -0.1) is 0 Å². The van der Waals surface area contributed by atoms with Crippen molar-refractivity contribution in [1.82, 2.24) is 0 Å². The molecule has 0 unspecified atom stereocenters. The van der Waals surface area contributed by atoms with Crippen LogP contribution in [-0.4, -0.2) is 5.97 Å².